The second-order valence-corrected chi connectivity index (χ2v) is 5.57. The number of benzene rings is 2. The summed E-state index contributed by atoms with van der Waals surface area (Å²) in [6.07, 6.45) is 0. The molecule has 1 unspecified atom stereocenters. The van der Waals surface area contributed by atoms with Gasteiger partial charge in [-0.25, -0.2) is 9.37 Å². The zero-order chi connectivity index (χ0) is 14.3. The molecule has 1 atom stereocenters. The van der Waals surface area contributed by atoms with E-state index >= 15 is 0 Å². The van der Waals surface area contributed by atoms with Crippen LogP contribution < -0.4 is 0 Å². The summed E-state index contributed by atoms with van der Waals surface area (Å²) in [5.74, 6) is 0.319. The van der Waals surface area contributed by atoms with Crippen molar-refractivity contribution in [1.82, 2.24) is 9.55 Å². The van der Waals surface area contributed by atoms with Crippen molar-refractivity contribution < 1.29 is 4.39 Å². The topological polar surface area (TPSA) is 17.8 Å². The summed E-state index contributed by atoms with van der Waals surface area (Å²) in [5.41, 5.74) is 2.08. The number of imidazole rings is 1. The fourth-order valence-electron chi connectivity index (χ4n) is 2.22. The Morgan fingerprint density at radius 1 is 1.20 bits per heavy atom. The Bertz CT molecular complexity index is 781. The lowest BCUT2D eigenvalue weighted by Gasteiger charge is -2.12. The maximum atomic E-state index is 13.5. The van der Waals surface area contributed by atoms with Crippen LogP contribution >= 0.6 is 23.2 Å². The van der Waals surface area contributed by atoms with Crippen molar-refractivity contribution in [1.29, 1.82) is 0 Å². The second kappa shape index (κ2) is 5.08. The molecule has 0 aliphatic heterocycles. The maximum absolute atomic E-state index is 13.5. The van der Waals surface area contributed by atoms with Crippen LogP contribution in [0, 0.1) is 5.82 Å². The summed E-state index contributed by atoms with van der Waals surface area (Å²) in [6.45, 7) is 1.83. The predicted octanol–water partition coefficient (Wildman–Crippen LogP) is 5.12. The molecule has 0 amide bonds. The van der Waals surface area contributed by atoms with E-state index in [0.717, 1.165) is 5.69 Å². The Hall–Kier alpha value is -1.58. The molecule has 0 N–H and O–H groups in total. The first-order valence-electron chi connectivity index (χ1n) is 6.15. The number of rotatable bonds is 2. The molecule has 3 rings (SSSR count). The van der Waals surface area contributed by atoms with Crippen LogP contribution in [-0.4, -0.2) is 9.55 Å². The summed E-state index contributed by atoms with van der Waals surface area (Å²) >= 11 is 12.4. The van der Waals surface area contributed by atoms with Crippen molar-refractivity contribution >= 4 is 34.2 Å². The lowest BCUT2D eigenvalue weighted by Crippen LogP contribution is -2.02. The number of hydrogen-bond donors (Lipinski definition) is 0. The van der Waals surface area contributed by atoms with Gasteiger partial charge in [0.2, 0.25) is 0 Å². The number of aromatic nitrogens is 2. The quantitative estimate of drug-likeness (QED) is 0.601. The Morgan fingerprint density at radius 2 is 1.95 bits per heavy atom. The first kappa shape index (κ1) is 13.4. The van der Waals surface area contributed by atoms with Gasteiger partial charge in [0.15, 0.2) is 0 Å². The summed E-state index contributed by atoms with van der Waals surface area (Å²) in [4.78, 5) is 4.48. The third-order valence-corrected chi connectivity index (χ3v) is 3.61. The number of para-hydroxylation sites is 1. The third kappa shape index (κ3) is 2.17. The van der Waals surface area contributed by atoms with Gasteiger partial charge in [0.1, 0.15) is 11.6 Å². The van der Waals surface area contributed by atoms with Gasteiger partial charge in [-0.05, 0) is 31.2 Å². The van der Waals surface area contributed by atoms with Gasteiger partial charge in [-0.3, -0.25) is 4.57 Å². The van der Waals surface area contributed by atoms with E-state index in [0.29, 0.717) is 21.9 Å². The molecule has 0 spiro atoms. The van der Waals surface area contributed by atoms with E-state index in [1.807, 2.05) is 25.1 Å². The van der Waals surface area contributed by atoms with Crippen LogP contribution in [0.2, 0.25) is 5.02 Å². The molecule has 3 aromatic rings. The Morgan fingerprint density at radius 3 is 2.65 bits per heavy atom. The molecular weight excluding hydrogens is 298 g/mol. The van der Waals surface area contributed by atoms with Crippen LogP contribution in [0.5, 0.6) is 0 Å². The molecule has 0 saturated carbocycles. The average Bonchev–Trinajstić information content (AvgIpc) is 2.78. The average molecular weight is 309 g/mol. The molecule has 5 heteroatoms. The Kier molecular flexibility index (Phi) is 3.40. The molecule has 0 bridgehead atoms. The molecule has 0 aliphatic rings. The van der Waals surface area contributed by atoms with Crippen molar-refractivity contribution in [2.75, 3.05) is 0 Å². The first-order valence-corrected chi connectivity index (χ1v) is 6.96. The molecule has 102 valence electrons. The van der Waals surface area contributed by atoms with Crippen LogP contribution in [0.15, 0.2) is 42.5 Å². The highest BCUT2D eigenvalue weighted by Gasteiger charge is 2.18. The van der Waals surface area contributed by atoms with Gasteiger partial charge in [0.05, 0.1) is 27.1 Å². The van der Waals surface area contributed by atoms with Crippen LogP contribution in [0.25, 0.3) is 16.7 Å². The molecule has 2 aromatic carbocycles. The van der Waals surface area contributed by atoms with Gasteiger partial charge in [-0.15, -0.1) is 11.6 Å². The van der Waals surface area contributed by atoms with E-state index in [2.05, 4.69) is 4.98 Å². The van der Waals surface area contributed by atoms with Gasteiger partial charge in [0.25, 0.3) is 0 Å². The molecule has 20 heavy (non-hydrogen) atoms. The van der Waals surface area contributed by atoms with Crippen molar-refractivity contribution in [3.05, 3.63) is 59.1 Å². The van der Waals surface area contributed by atoms with Gasteiger partial charge in [-0.2, -0.15) is 0 Å². The van der Waals surface area contributed by atoms with Crippen LogP contribution in [-0.2, 0) is 0 Å². The summed E-state index contributed by atoms with van der Waals surface area (Å²) in [7, 11) is 0. The molecule has 1 heterocycles. The molecule has 2 nitrogen and oxygen atoms in total. The van der Waals surface area contributed by atoms with Crippen molar-refractivity contribution in [2.24, 2.45) is 0 Å². The van der Waals surface area contributed by atoms with Gasteiger partial charge >= 0.3 is 0 Å². The molecular formula is C15H11Cl2FN2. The largest absolute Gasteiger partial charge is 0.293 e. The lowest BCUT2D eigenvalue weighted by atomic mass is 10.2. The normalized spacial score (nSPS) is 12.8. The number of alkyl halides is 1. The zero-order valence-corrected chi connectivity index (χ0v) is 12.2. The SMILES string of the molecule is CC(Cl)c1nc2ccc(F)cc2n1-c1ccccc1Cl. The van der Waals surface area contributed by atoms with Crippen LogP contribution in [0.4, 0.5) is 4.39 Å². The van der Waals surface area contributed by atoms with Crippen molar-refractivity contribution in [2.45, 2.75) is 12.3 Å². The standard InChI is InChI=1S/C15H11Cl2FN2/c1-9(16)15-19-12-7-6-10(18)8-14(12)20(15)13-5-3-2-4-11(13)17/h2-9H,1H3. The zero-order valence-electron chi connectivity index (χ0n) is 10.6. The number of halogens is 3. The molecule has 1 aromatic heterocycles. The minimum Gasteiger partial charge on any atom is -0.293 e. The fourth-order valence-corrected chi connectivity index (χ4v) is 2.59. The Labute approximate surface area is 125 Å². The highest BCUT2D eigenvalue weighted by Crippen LogP contribution is 2.31. The van der Waals surface area contributed by atoms with Crippen molar-refractivity contribution in [3.63, 3.8) is 0 Å². The van der Waals surface area contributed by atoms with E-state index in [-0.39, 0.29) is 11.2 Å². The van der Waals surface area contributed by atoms with Crippen molar-refractivity contribution in [3.8, 4) is 5.69 Å². The second-order valence-electron chi connectivity index (χ2n) is 4.51. The Balaban J connectivity index is 2.40. The van der Waals surface area contributed by atoms with E-state index in [1.54, 1.807) is 16.7 Å². The van der Waals surface area contributed by atoms with Gasteiger partial charge in [0, 0.05) is 6.07 Å². The van der Waals surface area contributed by atoms with Crippen LogP contribution in [0.1, 0.15) is 18.1 Å². The van der Waals surface area contributed by atoms with Gasteiger partial charge in [-0.1, -0.05) is 23.7 Å². The highest BCUT2D eigenvalue weighted by molar-refractivity contribution is 6.32. The van der Waals surface area contributed by atoms with E-state index in [4.69, 9.17) is 23.2 Å². The molecule has 0 aliphatic carbocycles. The van der Waals surface area contributed by atoms with Crippen LogP contribution in [0.3, 0.4) is 0 Å². The van der Waals surface area contributed by atoms with Gasteiger partial charge < -0.3 is 0 Å². The predicted molar refractivity (Wildman–Crippen MR) is 80.3 cm³/mol. The minimum atomic E-state index is -0.320. The smallest absolute Gasteiger partial charge is 0.132 e. The third-order valence-electron chi connectivity index (χ3n) is 3.09. The van der Waals surface area contributed by atoms with E-state index < -0.39 is 0 Å². The van der Waals surface area contributed by atoms with E-state index in [1.165, 1.54) is 12.1 Å². The summed E-state index contributed by atoms with van der Waals surface area (Å²) in [5, 5.41) is 0.247. The number of fused-ring (bicyclic) bond motifs is 1. The maximum Gasteiger partial charge on any atom is 0.132 e. The minimum absolute atomic E-state index is 0.318. The summed E-state index contributed by atoms with van der Waals surface area (Å²) < 4.78 is 15.3. The lowest BCUT2D eigenvalue weighted by molar-refractivity contribution is 0.629. The fraction of sp³-hybridized carbons (Fsp3) is 0.133. The van der Waals surface area contributed by atoms with E-state index in [9.17, 15) is 4.39 Å². The molecule has 0 saturated heterocycles. The highest BCUT2D eigenvalue weighted by atomic mass is 35.5. The summed E-state index contributed by atoms with van der Waals surface area (Å²) in [6, 6.07) is 11.8. The first-order chi connectivity index (χ1) is 9.58. The molecule has 0 fully saturated rings. The number of hydrogen-bond acceptors (Lipinski definition) is 1. The molecule has 0 radical (unpaired) electrons. The number of nitrogens with zero attached hydrogens (tertiary/aromatic N) is 2. The monoisotopic (exact) mass is 308 g/mol.